The lowest BCUT2D eigenvalue weighted by Gasteiger charge is -2.09. The molecule has 0 aliphatic carbocycles. The van der Waals surface area contributed by atoms with Gasteiger partial charge in [0.25, 0.3) is 5.91 Å². The second kappa shape index (κ2) is 8.44. The summed E-state index contributed by atoms with van der Waals surface area (Å²) in [4.78, 5) is 23.9. The molecular weight excluding hydrogens is 471 g/mol. The van der Waals surface area contributed by atoms with Gasteiger partial charge in [0.2, 0.25) is 5.91 Å². The summed E-state index contributed by atoms with van der Waals surface area (Å²) in [7, 11) is 0. The van der Waals surface area contributed by atoms with Gasteiger partial charge in [-0.3, -0.25) is 9.59 Å². The fourth-order valence-corrected chi connectivity index (χ4v) is 2.90. The number of benzene rings is 2. The molecule has 2 aromatic carbocycles. The summed E-state index contributed by atoms with van der Waals surface area (Å²) < 4.78 is 1.74. The summed E-state index contributed by atoms with van der Waals surface area (Å²) in [6.07, 6.45) is 1.31. The van der Waals surface area contributed by atoms with E-state index in [1.54, 1.807) is 30.3 Å². The van der Waals surface area contributed by atoms with Crippen LogP contribution >= 0.6 is 38.5 Å². The Morgan fingerprint density at radius 3 is 2.26 bits per heavy atom. The molecule has 6 heteroatoms. The van der Waals surface area contributed by atoms with Crippen LogP contribution in [0.15, 0.2) is 46.9 Å². The second-order valence-corrected chi connectivity index (χ2v) is 7.03. The SMILES string of the molecule is CCCC(=O)Nc1ccc(NC(=O)c2cc(Br)ccc2I)cc1. The highest BCUT2D eigenvalue weighted by molar-refractivity contribution is 14.1. The first-order valence-corrected chi connectivity index (χ1v) is 9.03. The maximum Gasteiger partial charge on any atom is 0.256 e. The van der Waals surface area contributed by atoms with Gasteiger partial charge in [0.1, 0.15) is 0 Å². The predicted octanol–water partition coefficient (Wildman–Crippen LogP) is 5.04. The van der Waals surface area contributed by atoms with Crippen LogP contribution in [0.5, 0.6) is 0 Å². The molecule has 2 N–H and O–H groups in total. The molecule has 120 valence electrons. The van der Waals surface area contributed by atoms with Gasteiger partial charge in [-0.2, -0.15) is 0 Å². The van der Waals surface area contributed by atoms with E-state index in [-0.39, 0.29) is 11.8 Å². The Morgan fingerprint density at radius 1 is 1.04 bits per heavy atom. The molecule has 2 amide bonds. The van der Waals surface area contributed by atoms with Crippen LogP contribution in [-0.2, 0) is 4.79 Å². The smallest absolute Gasteiger partial charge is 0.256 e. The average Bonchev–Trinajstić information content (AvgIpc) is 2.52. The second-order valence-electron chi connectivity index (χ2n) is 4.95. The van der Waals surface area contributed by atoms with Crippen LogP contribution in [0.4, 0.5) is 11.4 Å². The fourth-order valence-electron chi connectivity index (χ4n) is 1.96. The van der Waals surface area contributed by atoms with E-state index in [0.29, 0.717) is 17.7 Å². The van der Waals surface area contributed by atoms with Gasteiger partial charge in [-0.15, -0.1) is 0 Å². The summed E-state index contributed by atoms with van der Waals surface area (Å²) in [5, 5.41) is 5.67. The molecule has 0 saturated carbocycles. The van der Waals surface area contributed by atoms with Crippen LogP contribution in [0.25, 0.3) is 0 Å². The minimum atomic E-state index is -0.168. The summed E-state index contributed by atoms with van der Waals surface area (Å²) >= 11 is 5.50. The van der Waals surface area contributed by atoms with Crippen molar-refractivity contribution in [2.24, 2.45) is 0 Å². The van der Waals surface area contributed by atoms with Crippen LogP contribution in [0, 0.1) is 3.57 Å². The first kappa shape index (κ1) is 17.9. The third kappa shape index (κ3) is 5.31. The molecule has 0 heterocycles. The molecule has 0 aromatic heterocycles. The van der Waals surface area contributed by atoms with Crippen molar-refractivity contribution in [1.29, 1.82) is 0 Å². The largest absolute Gasteiger partial charge is 0.326 e. The summed E-state index contributed by atoms with van der Waals surface area (Å²) in [6.45, 7) is 1.96. The highest BCUT2D eigenvalue weighted by atomic mass is 127. The molecule has 0 aliphatic rings. The van der Waals surface area contributed by atoms with E-state index < -0.39 is 0 Å². The number of carbonyl (C=O) groups excluding carboxylic acids is 2. The van der Waals surface area contributed by atoms with Gasteiger partial charge in [0.05, 0.1) is 5.56 Å². The molecule has 0 bridgehead atoms. The van der Waals surface area contributed by atoms with Crippen molar-refractivity contribution in [3.63, 3.8) is 0 Å². The lowest BCUT2D eigenvalue weighted by molar-refractivity contribution is -0.116. The molecule has 0 atom stereocenters. The molecule has 2 rings (SSSR count). The normalized spacial score (nSPS) is 10.2. The van der Waals surface area contributed by atoms with Crippen LogP contribution < -0.4 is 10.6 Å². The Hall–Kier alpha value is -1.41. The first-order valence-electron chi connectivity index (χ1n) is 7.16. The number of hydrogen-bond donors (Lipinski definition) is 2. The van der Waals surface area contributed by atoms with Gasteiger partial charge in [-0.25, -0.2) is 0 Å². The molecule has 23 heavy (non-hydrogen) atoms. The predicted molar refractivity (Wildman–Crippen MR) is 105 cm³/mol. The number of nitrogens with one attached hydrogen (secondary N) is 2. The quantitative estimate of drug-likeness (QED) is 0.581. The van der Waals surface area contributed by atoms with Gasteiger partial charge in [0.15, 0.2) is 0 Å². The zero-order chi connectivity index (χ0) is 16.8. The zero-order valence-electron chi connectivity index (χ0n) is 12.5. The zero-order valence-corrected chi connectivity index (χ0v) is 16.3. The molecule has 0 radical (unpaired) electrons. The van der Waals surface area contributed by atoms with Crippen molar-refractivity contribution in [2.75, 3.05) is 10.6 Å². The summed E-state index contributed by atoms with van der Waals surface area (Å²) in [5.41, 5.74) is 2.01. The van der Waals surface area contributed by atoms with E-state index in [2.05, 4.69) is 49.2 Å². The molecule has 0 unspecified atom stereocenters. The Kier molecular flexibility index (Phi) is 6.59. The topological polar surface area (TPSA) is 58.2 Å². The highest BCUT2D eigenvalue weighted by Gasteiger charge is 2.11. The van der Waals surface area contributed by atoms with Crippen molar-refractivity contribution in [3.8, 4) is 0 Å². The Bertz CT molecular complexity index is 717. The summed E-state index contributed by atoms with van der Waals surface area (Å²) in [5.74, 6) is -0.175. The maximum absolute atomic E-state index is 12.3. The summed E-state index contributed by atoms with van der Waals surface area (Å²) in [6, 6.07) is 12.6. The molecule has 0 spiro atoms. The number of anilines is 2. The molecule has 0 saturated heterocycles. The van der Waals surface area contributed by atoms with Crippen molar-refractivity contribution < 1.29 is 9.59 Å². The van der Waals surface area contributed by atoms with E-state index >= 15 is 0 Å². The van der Waals surface area contributed by atoms with Crippen molar-refractivity contribution >= 4 is 61.7 Å². The van der Waals surface area contributed by atoms with E-state index in [4.69, 9.17) is 0 Å². The molecule has 4 nitrogen and oxygen atoms in total. The van der Waals surface area contributed by atoms with Gasteiger partial charge in [0, 0.05) is 25.8 Å². The van der Waals surface area contributed by atoms with Crippen LogP contribution in [0.3, 0.4) is 0 Å². The number of amides is 2. The Morgan fingerprint density at radius 2 is 1.65 bits per heavy atom. The highest BCUT2D eigenvalue weighted by Crippen LogP contribution is 2.20. The Balaban J connectivity index is 2.04. The minimum Gasteiger partial charge on any atom is -0.326 e. The average molecular weight is 487 g/mol. The number of halogens is 2. The number of hydrogen-bond acceptors (Lipinski definition) is 2. The molecular formula is C17H16BrIN2O2. The van der Waals surface area contributed by atoms with Crippen molar-refractivity contribution in [3.05, 3.63) is 56.1 Å². The van der Waals surface area contributed by atoms with Crippen LogP contribution in [-0.4, -0.2) is 11.8 Å². The third-order valence-electron chi connectivity index (χ3n) is 3.08. The van der Waals surface area contributed by atoms with Gasteiger partial charge in [-0.05, 0) is 71.5 Å². The van der Waals surface area contributed by atoms with Gasteiger partial charge >= 0.3 is 0 Å². The minimum absolute atomic E-state index is 0.00650. The van der Waals surface area contributed by atoms with E-state index in [0.717, 1.165) is 20.2 Å². The van der Waals surface area contributed by atoms with Gasteiger partial charge in [-0.1, -0.05) is 22.9 Å². The van der Waals surface area contributed by atoms with Crippen molar-refractivity contribution in [2.45, 2.75) is 19.8 Å². The molecule has 0 aliphatic heterocycles. The third-order valence-corrected chi connectivity index (χ3v) is 4.51. The van der Waals surface area contributed by atoms with E-state index in [1.165, 1.54) is 0 Å². The fraction of sp³-hybridized carbons (Fsp3) is 0.176. The lowest BCUT2D eigenvalue weighted by Crippen LogP contribution is -2.14. The van der Waals surface area contributed by atoms with Crippen LogP contribution in [0.1, 0.15) is 30.1 Å². The monoisotopic (exact) mass is 486 g/mol. The number of rotatable bonds is 5. The molecule has 0 fully saturated rings. The first-order chi connectivity index (χ1) is 11.0. The number of carbonyl (C=O) groups is 2. The van der Waals surface area contributed by atoms with E-state index in [1.807, 2.05) is 19.1 Å². The lowest BCUT2D eigenvalue weighted by atomic mass is 10.2. The van der Waals surface area contributed by atoms with Crippen LogP contribution in [0.2, 0.25) is 0 Å². The van der Waals surface area contributed by atoms with E-state index in [9.17, 15) is 9.59 Å². The molecule has 2 aromatic rings. The Labute approximate surface area is 157 Å². The maximum atomic E-state index is 12.3. The van der Waals surface area contributed by atoms with Gasteiger partial charge < -0.3 is 10.6 Å². The standard InChI is InChI=1S/C17H16BrIN2O2/c1-2-3-16(22)20-12-5-7-13(8-6-12)21-17(23)14-10-11(18)4-9-15(14)19/h4-10H,2-3H2,1H3,(H,20,22)(H,21,23). The van der Waals surface area contributed by atoms with Crippen molar-refractivity contribution in [1.82, 2.24) is 0 Å².